The van der Waals surface area contributed by atoms with Gasteiger partial charge in [-0.1, -0.05) is 25.2 Å². The summed E-state index contributed by atoms with van der Waals surface area (Å²) in [6.45, 7) is 7.54. The molecule has 0 amide bonds. The molecule has 1 saturated carbocycles. The predicted octanol–water partition coefficient (Wildman–Crippen LogP) is 3.70. The van der Waals surface area contributed by atoms with Crippen LogP contribution in [0.3, 0.4) is 0 Å². The van der Waals surface area contributed by atoms with Crippen molar-refractivity contribution in [1.82, 2.24) is 19.5 Å². The molecule has 40 heavy (non-hydrogen) atoms. The second-order valence-corrected chi connectivity index (χ2v) is 13.9. The molecular weight excluding hydrogens is 582 g/mol. The first-order valence-electron chi connectivity index (χ1n) is 13.4. The van der Waals surface area contributed by atoms with Crippen molar-refractivity contribution in [2.75, 3.05) is 50.0 Å². The zero-order valence-electron chi connectivity index (χ0n) is 23.1. The van der Waals surface area contributed by atoms with Gasteiger partial charge in [0, 0.05) is 44.8 Å². The average Bonchev–Trinajstić information content (AvgIpc) is 3.20. The van der Waals surface area contributed by atoms with Gasteiger partial charge in [-0.3, -0.25) is 9.69 Å². The number of nitrogens with zero attached hydrogens (tertiary/aromatic N) is 3. The number of benzene rings is 1. The molecule has 1 aromatic carbocycles. The maximum atomic E-state index is 15.0. The number of halogens is 3. The lowest BCUT2D eigenvalue weighted by atomic mass is 9.92. The number of sulfonamides is 1. The second kappa shape index (κ2) is 13.8. The van der Waals surface area contributed by atoms with E-state index in [9.17, 15) is 22.0 Å². The Labute approximate surface area is 245 Å². The first kappa shape index (κ1) is 32.6. The van der Waals surface area contributed by atoms with Gasteiger partial charge in [0.05, 0.1) is 11.3 Å². The number of thiazole rings is 1. The van der Waals surface area contributed by atoms with Crippen LogP contribution in [0.2, 0.25) is 0 Å². The highest BCUT2D eigenvalue weighted by Gasteiger charge is 2.28. The molecule has 4 rings (SSSR count). The molecule has 1 aliphatic carbocycles. The number of rotatable bonds is 10. The summed E-state index contributed by atoms with van der Waals surface area (Å²) in [7, 11) is -1.28. The van der Waals surface area contributed by atoms with Gasteiger partial charge in [0.1, 0.15) is 22.3 Å². The third-order valence-corrected chi connectivity index (χ3v) is 9.94. The van der Waals surface area contributed by atoms with Gasteiger partial charge in [-0.2, -0.15) is 0 Å². The summed E-state index contributed by atoms with van der Waals surface area (Å²) in [5.74, 6) is -2.59. The van der Waals surface area contributed by atoms with Crippen LogP contribution in [0.15, 0.2) is 12.1 Å². The van der Waals surface area contributed by atoms with Crippen LogP contribution in [-0.4, -0.2) is 80.0 Å². The molecule has 14 heteroatoms. The van der Waals surface area contributed by atoms with E-state index in [2.05, 4.69) is 24.8 Å². The molecule has 1 saturated heterocycles. The van der Waals surface area contributed by atoms with E-state index in [1.165, 1.54) is 12.1 Å². The van der Waals surface area contributed by atoms with Crippen LogP contribution in [0, 0.1) is 17.6 Å². The van der Waals surface area contributed by atoms with E-state index in [0.29, 0.717) is 42.9 Å². The normalized spacial score (nSPS) is 20.9. The Hall–Kier alpha value is -1.90. The van der Waals surface area contributed by atoms with Crippen molar-refractivity contribution in [1.29, 1.82) is 0 Å². The zero-order valence-corrected chi connectivity index (χ0v) is 25.5. The zero-order chi connectivity index (χ0) is 28.3. The Morgan fingerprint density at radius 1 is 1.10 bits per heavy atom. The van der Waals surface area contributed by atoms with E-state index in [1.54, 1.807) is 0 Å². The fourth-order valence-corrected chi connectivity index (χ4v) is 7.76. The van der Waals surface area contributed by atoms with Crippen LogP contribution in [0.4, 0.5) is 19.7 Å². The summed E-state index contributed by atoms with van der Waals surface area (Å²) >= 11 is 0.970. The van der Waals surface area contributed by atoms with E-state index in [-0.39, 0.29) is 46.9 Å². The molecule has 0 radical (unpaired) electrons. The summed E-state index contributed by atoms with van der Waals surface area (Å²) < 4.78 is 57.2. The molecule has 0 bridgehead atoms. The van der Waals surface area contributed by atoms with Crippen molar-refractivity contribution in [2.45, 2.75) is 58.2 Å². The number of carbonyl (C=O) groups is 1. The number of anilines is 2. The minimum Gasteiger partial charge on any atom is -0.382 e. The molecule has 2 fully saturated rings. The third-order valence-electron chi connectivity index (χ3n) is 7.14. The highest BCUT2D eigenvalue weighted by molar-refractivity contribution is 7.89. The molecule has 0 unspecified atom stereocenters. The molecule has 0 atom stereocenters. The minimum atomic E-state index is -3.31. The van der Waals surface area contributed by atoms with Crippen molar-refractivity contribution in [3.05, 3.63) is 39.8 Å². The van der Waals surface area contributed by atoms with E-state index >= 15 is 0 Å². The Morgan fingerprint density at radius 2 is 1.68 bits per heavy atom. The summed E-state index contributed by atoms with van der Waals surface area (Å²) in [6, 6.07) is 2.35. The van der Waals surface area contributed by atoms with Gasteiger partial charge in [-0.05, 0) is 56.3 Å². The summed E-state index contributed by atoms with van der Waals surface area (Å²) in [6.07, 6.45) is 2.74. The van der Waals surface area contributed by atoms with Gasteiger partial charge in [0.2, 0.25) is 15.8 Å². The van der Waals surface area contributed by atoms with Crippen molar-refractivity contribution < 1.29 is 22.0 Å². The molecule has 4 N–H and O–H groups in total. The fraction of sp³-hybridized carbons (Fsp3) is 0.615. The Kier molecular flexibility index (Phi) is 11.3. The second-order valence-electron chi connectivity index (χ2n) is 11.1. The number of aromatic nitrogens is 1. The molecular formula is C26H39ClF2N6O3S2. The van der Waals surface area contributed by atoms with Crippen molar-refractivity contribution >= 4 is 50.5 Å². The predicted molar refractivity (Wildman–Crippen MR) is 158 cm³/mol. The minimum absolute atomic E-state index is 0. The van der Waals surface area contributed by atoms with Crippen molar-refractivity contribution in [3.63, 3.8) is 0 Å². The molecule has 2 aromatic rings. The number of nitrogen functional groups attached to an aromatic ring is 1. The lowest BCUT2D eigenvalue weighted by molar-refractivity contribution is 0.103. The van der Waals surface area contributed by atoms with Crippen LogP contribution in [-0.2, 0) is 16.6 Å². The quantitative estimate of drug-likeness (QED) is 0.344. The summed E-state index contributed by atoms with van der Waals surface area (Å²) in [5, 5.41) is 3.65. The third kappa shape index (κ3) is 8.56. The standard InChI is InChI=1S/C26H38F2N6O3S2.ClH/c1-16(2)15-39(36,37)32-19-6-4-18(5-7-19)30-26-31-25(29)24(38-26)23(35)22-20(27)12-17(13-21(22)28)14-34-10-8-33(3)9-11-34;/h12-13,16,18-19,32H,4-11,14-15,29H2,1-3H3,(H,30,31);1H. The number of hydrogen-bond donors (Lipinski definition) is 3. The lowest BCUT2D eigenvalue weighted by Crippen LogP contribution is -2.43. The maximum absolute atomic E-state index is 15.0. The van der Waals surface area contributed by atoms with Gasteiger partial charge < -0.3 is 16.0 Å². The molecule has 1 aliphatic heterocycles. The number of carbonyl (C=O) groups excluding carboxylic acids is 1. The highest BCUT2D eigenvalue weighted by Crippen LogP contribution is 2.32. The summed E-state index contributed by atoms with van der Waals surface area (Å²) in [5.41, 5.74) is 5.84. The topological polar surface area (TPSA) is 121 Å². The fourth-order valence-electron chi connectivity index (χ4n) is 5.14. The van der Waals surface area contributed by atoms with Gasteiger partial charge in [0.25, 0.3) is 0 Å². The SMILES string of the molecule is CC(C)CS(=O)(=O)NC1CCC(Nc2nc(N)c(C(=O)c3c(F)cc(CN4CCN(C)CC4)cc3F)s2)CC1.Cl. The number of nitrogens with one attached hydrogen (secondary N) is 2. The molecule has 0 spiro atoms. The lowest BCUT2D eigenvalue weighted by Gasteiger charge is -2.32. The number of hydrogen-bond acceptors (Lipinski definition) is 9. The number of likely N-dealkylation sites (N-methyl/N-ethyl adjacent to an activating group) is 1. The van der Waals surface area contributed by atoms with Crippen LogP contribution in [0.1, 0.15) is 60.3 Å². The molecule has 224 valence electrons. The molecule has 9 nitrogen and oxygen atoms in total. The molecule has 2 heterocycles. The van der Waals surface area contributed by atoms with E-state index in [0.717, 1.165) is 37.5 Å². The Balaban J connectivity index is 0.00000441. The number of piperazine rings is 1. The summed E-state index contributed by atoms with van der Waals surface area (Å²) in [4.78, 5) is 21.6. The van der Waals surface area contributed by atoms with Gasteiger partial charge >= 0.3 is 0 Å². The van der Waals surface area contributed by atoms with E-state index in [1.807, 2.05) is 20.9 Å². The van der Waals surface area contributed by atoms with Crippen LogP contribution >= 0.6 is 23.7 Å². The highest BCUT2D eigenvalue weighted by atomic mass is 35.5. The molecule has 1 aromatic heterocycles. The van der Waals surface area contributed by atoms with Crippen molar-refractivity contribution in [2.24, 2.45) is 5.92 Å². The van der Waals surface area contributed by atoms with Crippen LogP contribution < -0.4 is 15.8 Å². The van der Waals surface area contributed by atoms with Gasteiger partial charge in [0.15, 0.2) is 5.13 Å². The van der Waals surface area contributed by atoms with Gasteiger partial charge in [-0.25, -0.2) is 26.9 Å². The maximum Gasteiger partial charge on any atom is 0.212 e. The average molecular weight is 621 g/mol. The first-order chi connectivity index (χ1) is 18.4. The largest absolute Gasteiger partial charge is 0.382 e. The molecule has 2 aliphatic rings. The smallest absolute Gasteiger partial charge is 0.212 e. The monoisotopic (exact) mass is 620 g/mol. The Morgan fingerprint density at radius 3 is 2.25 bits per heavy atom. The van der Waals surface area contributed by atoms with E-state index in [4.69, 9.17) is 5.73 Å². The van der Waals surface area contributed by atoms with E-state index < -0.39 is 33.0 Å². The number of ketones is 1. The first-order valence-corrected chi connectivity index (χ1v) is 15.8. The Bertz CT molecular complexity index is 1250. The van der Waals surface area contributed by atoms with Crippen LogP contribution in [0.25, 0.3) is 0 Å². The van der Waals surface area contributed by atoms with Gasteiger partial charge in [-0.15, -0.1) is 12.4 Å². The number of nitrogens with two attached hydrogens (primary N) is 1. The van der Waals surface area contributed by atoms with Crippen molar-refractivity contribution in [3.8, 4) is 0 Å². The van der Waals surface area contributed by atoms with Crippen LogP contribution in [0.5, 0.6) is 0 Å².